The summed E-state index contributed by atoms with van der Waals surface area (Å²) in [6.45, 7) is 7.45. The number of carboxylic acids is 1. The molecule has 0 saturated carbocycles. The Hall–Kier alpha value is -1.47. The van der Waals surface area contributed by atoms with E-state index < -0.39 is 12.0 Å². The van der Waals surface area contributed by atoms with Crippen molar-refractivity contribution in [2.75, 3.05) is 0 Å². The highest BCUT2D eigenvalue weighted by Gasteiger charge is 2.29. The average molecular weight is 299 g/mol. The summed E-state index contributed by atoms with van der Waals surface area (Å²) in [7, 11) is 0. The first-order chi connectivity index (χ1) is 9.11. The van der Waals surface area contributed by atoms with Gasteiger partial charge in [0.25, 0.3) is 5.91 Å². The van der Waals surface area contributed by atoms with Crippen LogP contribution in [0.3, 0.4) is 0 Å². The predicted octanol–water partition coefficient (Wildman–Crippen LogP) is 1.78. The van der Waals surface area contributed by atoms with Crippen LogP contribution in [0.15, 0.2) is 5.38 Å². The third-order valence-electron chi connectivity index (χ3n) is 2.87. The summed E-state index contributed by atoms with van der Waals surface area (Å²) < 4.78 is 0. The average Bonchev–Trinajstić information content (AvgIpc) is 2.75. The number of thiazole rings is 1. The van der Waals surface area contributed by atoms with E-state index in [1.807, 2.05) is 20.8 Å². The van der Waals surface area contributed by atoms with Gasteiger partial charge in [0.2, 0.25) is 0 Å². The highest BCUT2D eigenvalue weighted by molar-refractivity contribution is 7.09. The van der Waals surface area contributed by atoms with E-state index in [2.05, 4.69) is 10.3 Å². The Labute approximate surface area is 122 Å². The number of carbonyl (C=O) groups is 2. The Balaban J connectivity index is 2.82. The lowest BCUT2D eigenvalue weighted by Gasteiger charge is -2.30. The summed E-state index contributed by atoms with van der Waals surface area (Å²) in [6, 6.07) is -0.688. The monoisotopic (exact) mass is 299 g/mol. The van der Waals surface area contributed by atoms with E-state index in [0.717, 1.165) is 0 Å². The maximum atomic E-state index is 12.1. The van der Waals surface area contributed by atoms with Gasteiger partial charge in [0, 0.05) is 11.4 Å². The molecule has 1 amide bonds. The van der Waals surface area contributed by atoms with Gasteiger partial charge in [0.05, 0.1) is 12.5 Å². The van der Waals surface area contributed by atoms with Crippen molar-refractivity contribution < 1.29 is 14.7 Å². The molecule has 1 aromatic heterocycles. The van der Waals surface area contributed by atoms with Crippen molar-refractivity contribution in [3.05, 3.63) is 16.1 Å². The number of carbonyl (C=O) groups excluding carboxylic acids is 1. The molecule has 20 heavy (non-hydrogen) atoms. The zero-order valence-corrected chi connectivity index (χ0v) is 13.0. The molecule has 1 rings (SSSR count). The van der Waals surface area contributed by atoms with Crippen LogP contribution >= 0.6 is 11.3 Å². The highest BCUT2D eigenvalue weighted by atomic mass is 32.1. The van der Waals surface area contributed by atoms with Crippen molar-refractivity contribution >= 4 is 23.2 Å². The summed E-state index contributed by atoms with van der Waals surface area (Å²) in [4.78, 5) is 27.2. The Morgan fingerprint density at radius 2 is 2.10 bits per heavy atom. The topological polar surface area (TPSA) is 105 Å². The molecule has 0 radical (unpaired) electrons. The third kappa shape index (κ3) is 4.57. The molecule has 0 aliphatic rings. The summed E-state index contributed by atoms with van der Waals surface area (Å²) in [5, 5.41) is 14.0. The molecular formula is C13H21N3O3S. The number of amides is 1. The highest BCUT2D eigenvalue weighted by Crippen LogP contribution is 2.23. The minimum absolute atomic E-state index is 0.125. The summed E-state index contributed by atoms with van der Waals surface area (Å²) in [5.41, 5.74) is 5.63. The lowest BCUT2D eigenvalue weighted by Crippen LogP contribution is -2.45. The second-order valence-corrected chi connectivity index (χ2v) is 6.74. The van der Waals surface area contributed by atoms with Crippen molar-refractivity contribution in [2.24, 2.45) is 11.1 Å². The number of aromatic nitrogens is 1. The second-order valence-electron chi connectivity index (χ2n) is 5.85. The van der Waals surface area contributed by atoms with Crippen LogP contribution in [-0.4, -0.2) is 28.0 Å². The Morgan fingerprint density at radius 1 is 1.50 bits per heavy atom. The first kappa shape index (κ1) is 16.6. The SMILES string of the molecule is CC(N)c1nc(C(=O)NC(CC(=O)O)C(C)(C)C)cs1. The standard InChI is InChI=1S/C13H21N3O3S/c1-7(14)12-15-8(6-20-12)11(19)16-9(5-10(17)18)13(2,3)4/h6-7,9H,5,14H2,1-4H3,(H,16,19)(H,17,18). The van der Waals surface area contributed by atoms with Crippen molar-refractivity contribution in [3.63, 3.8) is 0 Å². The lowest BCUT2D eigenvalue weighted by molar-refractivity contribution is -0.138. The second kappa shape index (κ2) is 6.32. The zero-order chi connectivity index (χ0) is 15.5. The number of carboxylic acid groups (broad SMARTS) is 1. The van der Waals surface area contributed by atoms with Gasteiger partial charge in [-0.05, 0) is 12.3 Å². The van der Waals surface area contributed by atoms with E-state index in [1.54, 1.807) is 12.3 Å². The molecule has 1 aromatic rings. The Morgan fingerprint density at radius 3 is 2.50 bits per heavy atom. The fraction of sp³-hybridized carbons (Fsp3) is 0.615. The smallest absolute Gasteiger partial charge is 0.305 e. The molecule has 2 unspecified atom stereocenters. The van der Waals surface area contributed by atoms with E-state index in [4.69, 9.17) is 10.8 Å². The molecule has 0 fully saturated rings. The number of hydrogen-bond donors (Lipinski definition) is 3. The Bertz CT molecular complexity index is 491. The van der Waals surface area contributed by atoms with E-state index in [1.165, 1.54) is 11.3 Å². The van der Waals surface area contributed by atoms with E-state index >= 15 is 0 Å². The van der Waals surface area contributed by atoms with Gasteiger partial charge in [-0.2, -0.15) is 0 Å². The van der Waals surface area contributed by atoms with Gasteiger partial charge in [-0.3, -0.25) is 9.59 Å². The van der Waals surface area contributed by atoms with Gasteiger partial charge in [-0.15, -0.1) is 11.3 Å². The number of aliphatic carboxylic acids is 1. The molecule has 0 saturated heterocycles. The van der Waals surface area contributed by atoms with Crippen LogP contribution in [0.4, 0.5) is 0 Å². The molecule has 4 N–H and O–H groups in total. The van der Waals surface area contributed by atoms with E-state index in [9.17, 15) is 9.59 Å². The number of nitrogens with one attached hydrogen (secondary N) is 1. The van der Waals surface area contributed by atoms with Gasteiger partial charge < -0.3 is 16.2 Å². The maximum absolute atomic E-state index is 12.1. The fourth-order valence-corrected chi connectivity index (χ4v) is 2.34. The molecule has 7 heteroatoms. The van der Waals surface area contributed by atoms with Gasteiger partial charge in [-0.1, -0.05) is 20.8 Å². The number of nitrogens with two attached hydrogens (primary N) is 1. The van der Waals surface area contributed by atoms with Gasteiger partial charge >= 0.3 is 5.97 Å². The lowest BCUT2D eigenvalue weighted by atomic mass is 9.84. The molecule has 1 heterocycles. The predicted molar refractivity (Wildman–Crippen MR) is 77.7 cm³/mol. The molecule has 0 bridgehead atoms. The number of nitrogens with zero attached hydrogens (tertiary/aromatic N) is 1. The summed E-state index contributed by atoms with van der Waals surface area (Å²) in [6.07, 6.45) is -0.125. The van der Waals surface area contributed by atoms with Crippen molar-refractivity contribution in [1.29, 1.82) is 0 Å². The molecule has 0 aliphatic carbocycles. The van der Waals surface area contributed by atoms with Gasteiger partial charge in [-0.25, -0.2) is 4.98 Å². The normalized spacial score (nSPS) is 14.7. The summed E-state index contributed by atoms with van der Waals surface area (Å²) >= 11 is 1.32. The van der Waals surface area contributed by atoms with E-state index in [-0.39, 0.29) is 29.5 Å². The quantitative estimate of drug-likeness (QED) is 0.768. The van der Waals surface area contributed by atoms with Crippen LogP contribution < -0.4 is 11.1 Å². The van der Waals surface area contributed by atoms with Crippen LogP contribution in [0, 0.1) is 5.41 Å². The first-order valence-corrected chi connectivity index (χ1v) is 7.23. The van der Waals surface area contributed by atoms with Crippen LogP contribution in [-0.2, 0) is 4.79 Å². The number of rotatable bonds is 5. The molecule has 2 atom stereocenters. The minimum Gasteiger partial charge on any atom is -0.481 e. The van der Waals surface area contributed by atoms with Crippen molar-refractivity contribution in [1.82, 2.24) is 10.3 Å². The molecule has 0 aliphatic heterocycles. The molecule has 0 spiro atoms. The Kier molecular flexibility index (Phi) is 5.24. The molecule has 0 aromatic carbocycles. The summed E-state index contributed by atoms with van der Waals surface area (Å²) in [5.74, 6) is -1.31. The van der Waals surface area contributed by atoms with Gasteiger partial charge in [0.1, 0.15) is 10.7 Å². The first-order valence-electron chi connectivity index (χ1n) is 6.35. The van der Waals surface area contributed by atoms with E-state index in [0.29, 0.717) is 5.01 Å². The fourth-order valence-electron chi connectivity index (χ4n) is 1.58. The van der Waals surface area contributed by atoms with Crippen LogP contribution in [0.1, 0.15) is 55.7 Å². The zero-order valence-electron chi connectivity index (χ0n) is 12.1. The molecule has 6 nitrogen and oxygen atoms in total. The molecular weight excluding hydrogens is 278 g/mol. The van der Waals surface area contributed by atoms with Crippen molar-refractivity contribution in [3.8, 4) is 0 Å². The van der Waals surface area contributed by atoms with Crippen LogP contribution in [0.25, 0.3) is 0 Å². The largest absolute Gasteiger partial charge is 0.481 e. The van der Waals surface area contributed by atoms with Crippen LogP contribution in [0.5, 0.6) is 0 Å². The van der Waals surface area contributed by atoms with Gasteiger partial charge in [0.15, 0.2) is 0 Å². The minimum atomic E-state index is -0.945. The van der Waals surface area contributed by atoms with Crippen molar-refractivity contribution in [2.45, 2.75) is 46.2 Å². The van der Waals surface area contributed by atoms with Crippen LogP contribution in [0.2, 0.25) is 0 Å². The molecule has 112 valence electrons. The maximum Gasteiger partial charge on any atom is 0.305 e. The third-order valence-corrected chi connectivity index (χ3v) is 3.92. The number of hydrogen-bond acceptors (Lipinski definition) is 5.